The molecular formula is C12H16N2O2. The van der Waals surface area contributed by atoms with Gasteiger partial charge in [-0.05, 0) is 18.6 Å². The predicted molar refractivity (Wildman–Crippen MR) is 63.6 cm³/mol. The lowest BCUT2D eigenvalue weighted by atomic mass is 10.2. The SMILES string of the molecule is CCC(COC)Nc1nc2ccccc2o1. The second-order valence-electron chi connectivity index (χ2n) is 3.69. The number of hydrogen-bond donors (Lipinski definition) is 1. The highest BCUT2D eigenvalue weighted by molar-refractivity contribution is 5.74. The van der Waals surface area contributed by atoms with Gasteiger partial charge in [-0.3, -0.25) is 0 Å². The lowest BCUT2D eigenvalue weighted by Crippen LogP contribution is -2.23. The highest BCUT2D eigenvalue weighted by atomic mass is 16.5. The van der Waals surface area contributed by atoms with E-state index in [1.807, 2.05) is 24.3 Å². The molecule has 2 aromatic rings. The zero-order chi connectivity index (χ0) is 11.4. The fraction of sp³-hybridized carbons (Fsp3) is 0.417. The molecule has 1 unspecified atom stereocenters. The van der Waals surface area contributed by atoms with Gasteiger partial charge in [-0.15, -0.1) is 0 Å². The molecule has 86 valence electrons. The summed E-state index contributed by atoms with van der Waals surface area (Å²) < 4.78 is 10.7. The third kappa shape index (κ3) is 2.33. The summed E-state index contributed by atoms with van der Waals surface area (Å²) in [5, 5.41) is 3.22. The fourth-order valence-electron chi connectivity index (χ4n) is 1.57. The van der Waals surface area contributed by atoms with Crippen LogP contribution in [-0.4, -0.2) is 24.7 Å². The molecule has 4 heteroatoms. The topological polar surface area (TPSA) is 47.3 Å². The van der Waals surface area contributed by atoms with Crippen LogP contribution in [0.25, 0.3) is 11.1 Å². The van der Waals surface area contributed by atoms with Crippen LogP contribution in [-0.2, 0) is 4.74 Å². The number of nitrogens with zero attached hydrogens (tertiary/aromatic N) is 1. The molecule has 0 saturated heterocycles. The third-order valence-corrected chi connectivity index (χ3v) is 2.48. The van der Waals surface area contributed by atoms with Crippen LogP contribution in [0, 0.1) is 0 Å². The molecule has 0 fully saturated rings. The highest BCUT2D eigenvalue weighted by Gasteiger charge is 2.10. The van der Waals surface area contributed by atoms with Crippen LogP contribution in [0.3, 0.4) is 0 Å². The smallest absolute Gasteiger partial charge is 0.295 e. The van der Waals surface area contributed by atoms with Gasteiger partial charge in [0.1, 0.15) is 5.52 Å². The Kier molecular flexibility index (Phi) is 3.41. The summed E-state index contributed by atoms with van der Waals surface area (Å²) in [6.07, 6.45) is 0.965. The largest absolute Gasteiger partial charge is 0.424 e. The number of nitrogens with one attached hydrogen (secondary N) is 1. The molecule has 1 aromatic carbocycles. The quantitative estimate of drug-likeness (QED) is 0.841. The van der Waals surface area contributed by atoms with Gasteiger partial charge in [0, 0.05) is 7.11 Å². The van der Waals surface area contributed by atoms with E-state index in [-0.39, 0.29) is 6.04 Å². The first-order valence-corrected chi connectivity index (χ1v) is 5.44. The Morgan fingerprint density at radius 1 is 1.44 bits per heavy atom. The van der Waals surface area contributed by atoms with Gasteiger partial charge in [0.25, 0.3) is 6.01 Å². The Bertz CT molecular complexity index is 420. The van der Waals surface area contributed by atoms with Crippen molar-refractivity contribution in [1.82, 2.24) is 4.98 Å². The average Bonchev–Trinajstić information content (AvgIpc) is 2.70. The van der Waals surface area contributed by atoms with Gasteiger partial charge in [0.15, 0.2) is 5.58 Å². The van der Waals surface area contributed by atoms with E-state index >= 15 is 0 Å². The number of aromatic nitrogens is 1. The summed E-state index contributed by atoms with van der Waals surface area (Å²) in [4.78, 5) is 4.35. The molecule has 2 rings (SSSR count). The van der Waals surface area contributed by atoms with Crippen molar-refractivity contribution in [3.63, 3.8) is 0 Å². The average molecular weight is 220 g/mol. The maximum atomic E-state index is 5.57. The van der Waals surface area contributed by atoms with Gasteiger partial charge in [-0.1, -0.05) is 19.1 Å². The van der Waals surface area contributed by atoms with Crippen molar-refractivity contribution in [2.24, 2.45) is 0 Å². The maximum absolute atomic E-state index is 5.57. The molecule has 0 aliphatic carbocycles. The van der Waals surface area contributed by atoms with E-state index in [1.165, 1.54) is 0 Å². The lowest BCUT2D eigenvalue weighted by Gasteiger charge is -2.13. The molecule has 0 bridgehead atoms. The van der Waals surface area contributed by atoms with Crippen molar-refractivity contribution in [1.29, 1.82) is 0 Å². The second kappa shape index (κ2) is 4.99. The van der Waals surface area contributed by atoms with Crippen LogP contribution in [0.5, 0.6) is 0 Å². The third-order valence-electron chi connectivity index (χ3n) is 2.48. The number of methoxy groups -OCH3 is 1. The molecule has 0 aliphatic rings. The molecule has 1 atom stereocenters. The van der Waals surface area contributed by atoms with E-state index in [0.717, 1.165) is 17.5 Å². The monoisotopic (exact) mass is 220 g/mol. The van der Waals surface area contributed by atoms with E-state index in [1.54, 1.807) is 7.11 Å². The molecule has 1 heterocycles. The van der Waals surface area contributed by atoms with Crippen molar-refractivity contribution in [3.8, 4) is 0 Å². The number of anilines is 1. The fourth-order valence-corrected chi connectivity index (χ4v) is 1.57. The molecule has 0 amide bonds. The molecule has 4 nitrogen and oxygen atoms in total. The number of para-hydroxylation sites is 2. The number of benzene rings is 1. The number of fused-ring (bicyclic) bond motifs is 1. The Labute approximate surface area is 94.6 Å². The summed E-state index contributed by atoms with van der Waals surface area (Å²) in [5.41, 5.74) is 1.68. The van der Waals surface area contributed by atoms with Crippen molar-refractivity contribution in [2.45, 2.75) is 19.4 Å². The van der Waals surface area contributed by atoms with Crippen LogP contribution in [0.2, 0.25) is 0 Å². The standard InChI is InChI=1S/C12H16N2O2/c1-3-9(8-15-2)13-12-14-10-6-4-5-7-11(10)16-12/h4-7,9H,3,8H2,1-2H3,(H,13,14). The molecule has 1 aromatic heterocycles. The van der Waals surface area contributed by atoms with E-state index < -0.39 is 0 Å². The molecule has 16 heavy (non-hydrogen) atoms. The summed E-state index contributed by atoms with van der Waals surface area (Å²) >= 11 is 0. The Hall–Kier alpha value is -1.55. The zero-order valence-electron chi connectivity index (χ0n) is 9.56. The van der Waals surface area contributed by atoms with Gasteiger partial charge in [-0.25, -0.2) is 0 Å². The zero-order valence-corrected chi connectivity index (χ0v) is 9.56. The summed E-state index contributed by atoms with van der Waals surface area (Å²) in [6, 6.07) is 8.51. The Morgan fingerprint density at radius 2 is 2.25 bits per heavy atom. The van der Waals surface area contributed by atoms with Crippen molar-refractivity contribution in [3.05, 3.63) is 24.3 Å². The van der Waals surface area contributed by atoms with Crippen LogP contribution in [0.1, 0.15) is 13.3 Å². The number of oxazole rings is 1. The van der Waals surface area contributed by atoms with Gasteiger partial charge in [0.2, 0.25) is 0 Å². The normalized spacial score (nSPS) is 12.9. The molecule has 0 radical (unpaired) electrons. The number of rotatable bonds is 5. The minimum Gasteiger partial charge on any atom is -0.424 e. The van der Waals surface area contributed by atoms with Gasteiger partial charge >= 0.3 is 0 Å². The minimum atomic E-state index is 0.234. The molecule has 1 N–H and O–H groups in total. The molecule has 0 spiro atoms. The van der Waals surface area contributed by atoms with E-state index in [9.17, 15) is 0 Å². The minimum absolute atomic E-state index is 0.234. The van der Waals surface area contributed by atoms with E-state index in [2.05, 4.69) is 17.2 Å². The Balaban J connectivity index is 2.14. The first-order chi connectivity index (χ1) is 7.83. The first-order valence-electron chi connectivity index (χ1n) is 5.44. The van der Waals surface area contributed by atoms with Gasteiger partial charge in [-0.2, -0.15) is 4.98 Å². The lowest BCUT2D eigenvalue weighted by molar-refractivity contribution is 0.183. The van der Waals surface area contributed by atoms with Crippen LogP contribution in [0.4, 0.5) is 6.01 Å². The molecule has 0 saturated carbocycles. The van der Waals surface area contributed by atoms with Crippen molar-refractivity contribution in [2.75, 3.05) is 19.0 Å². The van der Waals surface area contributed by atoms with Gasteiger partial charge < -0.3 is 14.5 Å². The van der Waals surface area contributed by atoms with E-state index in [0.29, 0.717) is 12.6 Å². The van der Waals surface area contributed by atoms with Crippen LogP contribution < -0.4 is 5.32 Å². The summed E-state index contributed by atoms with van der Waals surface area (Å²) in [7, 11) is 1.69. The summed E-state index contributed by atoms with van der Waals surface area (Å²) in [6.45, 7) is 2.74. The maximum Gasteiger partial charge on any atom is 0.295 e. The summed E-state index contributed by atoms with van der Waals surface area (Å²) in [5.74, 6) is 0. The van der Waals surface area contributed by atoms with Crippen molar-refractivity contribution < 1.29 is 9.15 Å². The number of hydrogen-bond acceptors (Lipinski definition) is 4. The highest BCUT2D eigenvalue weighted by Crippen LogP contribution is 2.18. The molecular weight excluding hydrogens is 204 g/mol. The predicted octanol–water partition coefficient (Wildman–Crippen LogP) is 2.66. The van der Waals surface area contributed by atoms with Crippen molar-refractivity contribution >= 4 is 17.1 Å². The Morgan fingerprint density at radius 3 is 2.94 bits per heavy atom. The van der Waals surface area contributed by atoms with Gasteiger partial charge in [0.05, 0.1) is 12.6 Å². The van der Waals surface area contributed by atoms with E-state index in [4.69, 9.17) is 9.15 Å². The first kappa shape index (κ1) is 11.0. The molecule has 0 aliphatic heterocycles. The van der Waals surface area contributed by atoms with Crippen LogP contribution >= 0.6 is 0 Å². The second-order valence-corrected chi connectivity index (χ2v) is 3.69. The number of ether oxygens (including phenoxy) is 1. The van der Waals surface area contributed by atoms with Crippen LogP contribution in [0.15, 0.2) is 28.7 Å².